The molecule has 0 bridgehead atoms. The van der Waals surface area contributed by atoms with Gasteiger partial charge in [0.05, 0.1) is 19.3 Å². The number of methoxy groups -OCH3 is 1. The standard InChI is InChI=1S/C17H17BrO3/c1-4-21-15-8-7-13(18)10-14(15)17(19)12-6-5-11(2)16(9-12)20-3/h5-10H,4H2,1-3H3. The van der Waals surface area contributed by atoms with Gasteiger partial charge in [-0.05, 0) is 43.7 Å². The lowest BCUT2D eigenvalue weighted by Gasteiger charge is -2.11. The van der Waals surface area contributed by atoms with Crippen LogP contribution in [0.3, 0.4) is 0 Å². The molecule has 0 N–H and O–H groups in total. The minimum atomic E-state index is -0.0851. The number of halogens is 1. The van der Waals surface area contributed by atoms with E-state index in [2.05, 4.69) is 15.9 Å². The quantitative estimate of drug-likeness (QED) is 0.751. The zero-order valence-electron chi connectivity index (χ0n) is 12.3. The van der Waals surface area contributed by atoms with Crippen LogP contribution in [0.4, 0.5) is 0 Å². The summed E-state index contributed by atoms with van der Waals surface area (Å²) in [4.78, 5) is 12.7. The Labute approximate surface area is 133 Å². The summed E-state index contributed by atoms with van der Waals surface area (Å²) in [5, 5.41) is 0. The predicted molar refractivity (Wildman–Crippen MR) is 86.5 cm³/mol. The highest BCUT2D eigenvalue weighted by Crippen LogP contribution is 2.28. The van der Waals surface area contributed by atoms with Crippen molar-refractivity contribution in [2.24, 2.45) is 0 Å². The van der Waals surface area contributed by atoms with Crippen LogP contribution in [0, 0.1) is 6.92 Å². The third-order valence-corrected chi connectivity index (χ3v) is 3.65. The van der Waals surface area contributed by atoms with Gasteiger partial charge in [-0.3, -0.25) is 4.79 Å². The molecule has 0 aromatic heterocycles. The number of carbonyl (C=O) groups excluding carboxylic acids is 1. The number of carbonyl (C=O) groups is 1. The lowest BCUT2D eigenvalue weighted by molar-refractivity contribution is 0.103. The smallest absolute Gasteiger partial charge is 0.196 e. The maximum Gasteiger partial charge on any atom is 0.196 e. The van der Waals surface area contributed by atoms with Crippen molar-refractivity contribution in [2.75, 3.05) is 13.7 Å². The first-order valence-corrected chi connectivity index (χ1v) is 7.47. The number of rotatable bonds is 5. The topological polar surface area (TPSA) is 35.5 Å². The zero-order chi connectivity index (χ0) is 15.4. The number of aryl methyl sites for hydroxylation is 1. The second-order valence-corrected chi connectivity index (χ2v) is 5.50. The maximum absolute atomic E-state index is 12.7. The molecule has 0 spiro atoms. The van der Waals surface area contributed by atoms with Crippen molar-refractivity contribution in [3.05, 3.63) is 57.6 Å². The van der Waals surface area contributed by atoms with E-state index < -0.39 is 0 Å². The molecule has 3 nitrogen and oxygen atoms in total. The van der Waals surface area contributed by atoms with Crippen LogP contribution in [0.25, 0.3) is 0 Å². The first-order valence-electron chi connectivity index (χ1n) is 6.68. The van der Waals surface area contributed by atoms with E-state index in [0.717, 1.165) is 10.0 Å². The molecule has 0 aliphatic carbocycles. The molecule has 21 heavy (non-hydrogen) atoms. The van der Waals surface area contributed by atoms with Gasteiger partial charge in [-0.1, -0.05) is 28.1 Å². The number of ketones is 1. The molecule has 0 radical (unpaired) electrons. The van der Waals surface area contributed by atoms with Crippen molar-refractivity contribution in [3.8, 4) is 11.5 Å². The van der Waals surface area contributed by atoms with Crippen molar-refractivity contribution >= 4 is 21.7 Å². The minimum absolute atomic E-state index is 0.0851. The van der Waals surface area contributed by atoms with Crippen molar-refractivity contribution in [2.45, 2.75) is 13.8 Å². The van der Waals surface area contributed by atoms with E-state index >= 15 is 0 Å². The van der Waals surface area contributed by atoms with Crippen LogP contribution >= 0.6 is 15.9 Å². The Morgan fingerprint density at radius 3 is 2.57 bits per heavy atom. The number of hydrogen-bond donors (Lipinski definition) is 0. The summed E-state index contributed by atoms with van der Waals surface area (Å²) in [5.41, 5.74) is 2.11. The molecule has 0 fully saturated rings. The molecule has 2 rings (SSSR count). The summed E-state index contributed by atoms with van der Waals surface area (Å²) < 4.78 is 11.7. The Morgan fingerprint density at radius 2 is 1.90 bits per heavy atom. The van der Waals surface area contributed by atoms with Crippen LogP contribution in [0.1, 0.15) is 28.4 Å². The van der Waals surface area contributed by atoms with E-state index in [9.17, 15) is 4.79 Å². The molecule has 0 unspecified atom stereocenters. The Hall–Kier alpha value is -1.81. The highest BCUT2D eigenvalue weighted by atomic mass is 79.9. The van der Waals surface area contributed by atoms with Crippen LogP contribution in [0.2, 0.25) is 0 Å². The van der Waals surface area contributed by atoms with Crippen LogP contribution in [0.5, 0.6) is 11.5 Å². The van der Waals surface area contributed by atoms with E-state index in [-0.39, 0.29) is 5.78 Å². The molecule has 110 valence electrons. The summed E-state index contributed by atoms with van der Waals surface area (Å²) in [7, 11) is 1.60. The highest BCUT2D eigenvalue weighted by Gasteiger charge is 2.16. The van der Waals surface area contributed by atoms with Crippen molar-refractivity contribution in [1.82, 2.24) is 0 Å². The molecule has 4 heteroatoms. The van der Waals surface area contributed by atoms with Gasteiger partial charge < -0.3 is 9.47 Å². The van der Waals surface area contributed by atoms with Gasteiger partial charge in [0.25, 0.3) is 0 Å². The molecule has 0 saturated carbocycles. The average Bonchev–Trinajstić information content (AvgIpc) is 2.49. The zero-order valence-corrected chi connectivity index (χ0v) is 13.9. The summed E-state index contributed by atoms with van der Waals surface area (Å²) >= 11 is 3.40. The van der Waals surface area contributed by atoms with E-state index in [1.165, 1.54) is 0 Å². The van der Waals surface area contributed by atoms with Crippen LogP contribution in [0.15, 0.2) is 40.9 Å². The molecule has 0 heterocycles. The molecular weight excluding hydrogens is 332 g/mol. The Morgan fingerprint density at radius 1 is 1.14 bits per heavy atom. The first-order chi connectivity index (χ1) is 10.1. The van der Waals surface area contributed by atoms with Crippen molar-refractivity contribution in [1.29, 1.82) is 0 Å². The molecule has 0 aliphatic rings. The second-order valence-electron chi connectivity index (χ2n) is 4.59. The highest BCUT2D eigenvalue weighted by molar-refractivity contribution is 9.10. The monoisotopic (exact) mass is 348 g/mol. The van der Waals surface area contributed by atoms with Crippen molar-refractivity contribution in [3.63, 3.8) is 0 Å². The molecule has 0 amide bonds. The Bertz CT molecular complexity index is 665. The lowest BCUT2D eigenvalue weighted by Crippen LogP contribution is -2.06. The largest absolute Gasteiger partial charge is 0.496 e. The summed E-state index contributed by atoms with van der Waals surface area (Å²) in [5.74, 6) is 1.21. The molecule has 2 aromatic rings. The second kappa shape index (κ2) is 6.76. The Balaban J connectivity index is 2.46. The van der Waals surface area contributed by atoms with Crippen molar-refractivity contribution < 1.29 is 14.3 Å². The summed E-state index contributed by atoms with van der Waals surface area (Å²) in [6.07, 6.45) is 0. The fraction of sp³-hybridized carbons (Fsp3) is 0.235. The van der Waals surface area contributed by atoms with Gasteiger partial charge in [0.15, 0.2) is 5.78 Å². The van der Waals surface area contributed by atoms with Crippen LogP contribution in [-0.2, 0) is 0 Å². The Kier molecular flexibility index (Phi) is 5.02. The molecule has 0 saturated heterocycles. The first kappa shape index (κ1) is 15.6. The van der Waals surface area contributed by atoms with E-state index in [1.807, 2.05) is 26.0 Å². The van der Waals surface area contributed by atoms with E-state index in [0.29, 0.717) is 29.2 Å². The number of ether oxygens (including phenoxy) is 2. The molecule has 0 aliphatic heterocycles. The van der Waals surface area contributed by atoms with E-state index in [4.69, 9.17) is 9.47 Å². The van der Waals surface area contributed by atoms with Crippen LogP contribution < -0.4 is 9.47 Å². The molecule has 2 aromatic carbocycles. The fourth-order valence-corrected chi connectivity index (χ4v) is 2.44. The predicted octanol–water partition coefficient (Wildman–Crippen LogP) is 4.40. The lowest BCUT2D eigenvalue weighted by atomic mass is 10.0. The minimum Gasteiger partial charge on any atom is -0.496 e. The SMILES string of the molecule is CCOc1ccc(Br)cc1C(=O)c1ccc(C)c(OC)c1. The van der Waals surface area contributed by atoms with Gasteiger partial charge in [0.2, 0.25) is 0 Å². The number of hydrogen-bond acceptors (Lipinski definition) is 3. The summed E-state index contributed by atoms with van der Waals surface area (Å²) in [6.45, 7) is 4.35. The molecular formula is C17H17BrO3. The average molecular weight is 349 g/mol. The fourth-order valence-electron chi connectivity index (χ4n) is 2.08. The summed E-state index contributed by atoms with van der Waals surface area (Å²) in [6, 6.07) is 10.9. The third-order valence-electron chi connectivity index (χ3n) is 3.16. The van der Waals surface area contributed by atoms with Gasteiger partial charge in [0.1, 0.15) is 11.5 Å². The maximum atomic E-state index is 12.7. The number of benzene rings is 2. The van der Waals surface area contributed by atoms with Gasteiger partial charge in [-0.15, -0.1) is 0 Å². The van der Waals surface area contributed by atoms with E-state index in [1.54, 1.807) is 31.4 Å². The molecule has 0 atom stereocenters. The van der Waals surface area contributed by atoms with Gasteiger partial charge in [0, 0.05) is 10.0 Å². The third kappa shape index (κ3) is 3.45. The van der Waals surface area contributed by atoms with Gasteiger partial charge in [-0.25, -0.2) is 0 Å². The normalized spacial score (nSPS) is 10.3. The van der Waals surface area contributed by atoms with Gasteiger partial charge in [-0.2, -0.15) is 0 Å². The van der Waals surface area contributed by atoms with Crippen LogP contribution in [-0.4, -0.2) is 19.5 Å². The van der Waals surface area contributed by atoms with Gasteiger partial charge >= 0.3 is 0 Å².